The van der Waals surface area contributed by atoms with Crippen LogP contribution in [0.2, 0.25) is 0 Å². The van der Waals surface area contributed by atoms with Gasteiger partial charge in [-0.05, 0) is 30.9 Å². The minimum absolute atomic E-state index is 0.141. The van der Waals surface area contributed by atoms with Crippen molar-refractivity contribution in [2.24, 2.45) is 5.92 Å². The first kappa shape index (κ1) is 18.2. The molecule has 2 aliphatic heterocycles. The van der Waals surface area contributed by atoms with Crippen molar-refractivity contribution < 1.29 is 14.0 Å². The van der Waals surface area contributed by atoms with Crippen molar-refractivity contribution in [3.05, 3.63) is 35.6 Å². The number of likely N-dealkylation sites (tertiary alicyclic amines) is 1. The third-order valence-corrected chi connectivity index (χ3v) is 6.56. The normalized spacial score (nSPS) is 19.7. The van der Waals surface area contributed by atoms with E-state index in [0.29, 0.717) is 32.0 Å². The van der Waals surface area contributed by atoms with Crippen molar-refractivity contribution in [2.45, 2.75) is 38.0 Å². The van der Waals surface area contributed by atoms with E-state index in [2.05, 4.69) is 0 Å². The van der Waals surface area contributed by atoms with E-state index in [0.717, 1.165) is 18.6 Å². The fourth-order valence-corrected chi connectivity index (χ4v) is 5.13. The molecule has 25 heavy (non-hydrogen) atoms. The molecule has 2 aliphatic rings. The first-order valence-corrected chi connectivity index (χ1v) is 9.90. The van der Waals surface area contributed by atoms with Gasteiger partial charge in [-0.15, -0.1) is 11.8 Å². The summed E-state index contributed by atoms with van der Waals surface area (Å²) in [6.07, 6.45) is 2.07. The van der Waals surface area contributed by atoms with Crippen LogP contribution in [0.15, 0.2) is 24.3 Å². The highest BCUT2D eigenvalue weighted by molar-refractivity contribution is 8.00. The lowest BCUT2D eigenvalue weighted by Gasteiger charge is -2.44. The Bertz CT molecular complexity index is 657. The SMILES string of the molecule is CC(C)CC(=O)N1CCC2(CC1)SCCN2C(=O)c1ccccc1F. The van der Waals surface area contributed by atoms with Crippen LogP contribution < -0.4 is 0 Å². The molecule has 4 nitrogen and oxygen atoms in total. The molecule has 1 aromatic rings. The van der Waals surface area contributed by atoms with E-state index in [1.807, 2.05) is 23.6 Å². The molecule has 2 heterocycles. The third kappa shape index (κ3) is 3.68. The second-order valence-electron chi connectivity index (χ2n) is 7.21. The van der Waals surface area contributed by atoms with Gasteiger partial charge in [0.25, 0.3) is 5.91 Å². The Morgan fingerprint density at radius 3 is 2.52 bits per heavy atom. The molecule has 136 valence electrons. The Morgan fingerprint density at radius 2 is 1.88 bits per heavy atom. The van der Waals surface area contributed by atoms with Crippen LogP contribution in [0.3, 0.4) is 0 Å². The molecule has 6 heteroatoms. The van der Waals surface area contributed by atoms with Crippen molar-refractivity contribution in [1.82, 2.24) is 9.80 Å². The maximum Gasteiger partial charge on any atom is 0.257 e. The van der Waals surface area contributed by atoms with Gasteiger partial charge in [0, 0.05) is 31.8 Å². The van der Waals surface area contributed by atoms with Crippen molar-refractivity contribution in [2.75, 3.05) is 25.4 Å². The molecule has 0 aromatic heterocycles. The average Bonchev–Trinajstić information content (AvgIpc) is 2.98. The summed E-state index contributed by atoms with van der Waals surface area (Å²) in [6.45, 7) is 6.06. The highest BCUT2D eigenvalue weighted by atomic mass is 32.2. The molecular weight excluding hydrogens is 339 g/mol. The van der Waals surface area contributed by atoms with Crippen LogP contribution in [0.1, 0.15) is 43.5 Å². The van der Waals surface area contributed by atoms with Gasteiger partial charge in [0.05, 0.1) is 10.4 Å². The Labute approximate surface area is 152 Å². The molecule has 3 rings (SSSR count). The van der Waals surface area contributed by atoms with Crippen LogP contribution in [0.25, 0.3) is 0 Å². The lowest BCUT2D eigenvalue weighted by molar-refractivity contribution is -0.133. The molecule has 0 atom stereocenters. The zero-order chi connectivity index (χ0) is 18.0. The number of benzene rings is 1. The maximum atomic E-state index is 14.0. The second-order valence-corrected chi connectivity index (χ2v) is 8.67. The van der Waals surface area contributed by atoms with E-state index >= 15 is 0 Å². The van der Waals surface area contributed by atoms with Crippen molar-refractivity contribution >= 4 is 23.6 Å². The van der Waals surface area contributed by atoms with E-state index < -0.39 is 5.82 Å². The Balaban J connectivity index is 1.71. The number of amides is 2. The molecule has 0 radical (unpaired) electrons. The molecule has 0 aliphatic carbocycles. The molecule has 0 bridgehead atoms. The number of carbonyl (C=O) groups is 2. The van der Waals surface area contributed by atoms with E-state index in [1.165, 1.54) is 6.07 Å². The predicted molar refractivity (Wildman–Crippen MR) is 97.9 cm³/mol. The smallest absolute Gasteiger partial charge is 0.257 e. The van der Waals surface area contributed by atoms with Crippen molar-refractivity contribution in [3.63, 3.8) is 0 Å². The number of carbonyl (C=O) groups excluding carboxylic acids is 2. The highest BCUT2D eigenvalue weighted by Crippen LogP contribution is 2.44. The standard InChI is InChI=1S/C19H25FN2O2S/c1-14(2)13-17(23)21-9-7-19(8-10-21)22(11-12-25-19)18(24)15-5-3-4-6-16(15)20/h3-6,14H,7-13H2,1-2H3. The van der Waals surface area contributed by atoms with Gasteiger partial charge in [-0.3, -0.25) is 9.59 Å². The summed E-state index contributed by atoms with van der Waals surface area (Å²) < 4.78 is 14.0. The molecule has 0 saturated carbocycles. The minimum Gasteiger partial charge on any atom is -0.342 e. The number of thioether (sulfide) groups is 1. The molecule has 0 N–H and O–H groups in total. The molecule has 0 unspecified atom stereocenters. The van der Waals surface area contributed by atoms with Gasteiger partial charge in [-0.1, -0.05) is 26.0 Å². The zero-order valence-electron chi connectivity index (χ0n) is 14.8. The van der Waals surface area contributed by atoms with Gasteiger partial charge in [-0.2, -0.15) is 0 Å². The predicted octanol–water partition coefficient (Wildman–Crippen LogP) is 3.38. The number of rotatable bonds is 3. The highest BCUT2D eigenvalue weighted by Gasteiger charge is 2.47. The van der Waals surface area contributed by atoms with E-state index in [1.54, 1.807) is 30.0 Å². The fourth-order valence-electron chi connectivity index (χ4n) is 3.67. The molecule has 2 saturated heterocycles. The van der Waals surface area contributed by atoms with E-state index in [4.69, 9.17) is 0 Å². The summed E-state index contributed by atoms with van der Waals surface area (Å²) >= 11 is 1.77. The van der Waals surface area contributed by atoms with E-state index in [9.17, 15) is 14.0 Å². The Kier molecular flexibility index (Phi) is 5.37. The molecule has 2 fully saturated rings. The van der Waals surface area contributed by atoms with Gasteiger partial charge < -0.3 is 9.80 Å². The lowest BCUT2D eigenvalue weighted by Crippen LogP contribution is -2.53. The number of nitrogens with zero attached hydrogens (tertiary/aromatic N) is 2. The summed E-state index contributed by atoms with van der Waals surface area (Å²) in [6, 6.07) is 6.17. The topological polar surface area (TPSA) is 40.6 Å². The zero-order valence-corrected chi connectivity index (χ0v) is 15.7. The second kappa shape index (κ2) is 7.36. The van der Waals surface area contributed by atoms with Gasteiger partial charge in [0.1, 0.15) is 5.82 Å². The van der Waals surface area contributed by atoms with Crippen LogP contribution >= 0.6 is 11.8 Å². The summed E-state index contributed by atoms with van der Waals surface area (Å²) in [5, 5.41) is 0. The molecule has 2 amide bonds. The van der Waals surface area contributed by atoms with Gasteiger partial charge in [0.15, 0.2) is 0 Å². The van der Waals surface area contributed by atoms with Crippen molar-refractivity contribution in [3.8, 4) is 0 Å². The number of piperidine rings is 1. The quantitative estimate of drug-likeness (QED) is 0.826. The van der Waals surface area contributed by atoms with Crippen LogP contribution in [-0.4, -0.2) is 51.9 Å². The first-order chi connectivity index (χ1) is 11.9. The van der Waals surface area contributed by atoms with Crippen LogP contribution in [0.5, 0.6) is 0 Å². The summed E-state index contributed by atoms with van der Waals surface area (Å²) in [4.78, 5) is 28.6. The summed E-state index contributed by atoms with van der Waals surface area (Å²) in [7, 11) is 0. The first-order valence-electron chi connectivity index (χ1n) is 8.91. The number of halogens is 1. The van der Waals surface area contributed by atoms with Gasteiger partial charge >= 0.3 is 0 Å². The van der Waals surface area contributed by atoms with Crippen LogP contribution in [0.4, 0.5) is 4.39 Å². The van der Waals surface area contributed by atoms with Gasteiger partial charge in [-0.25, -0.2) is 4.39 Å². The number of hydrogen-bond acceptors (Lipinski definition) is 3. The van der Waals surface area contributed by atoms with Crippen molar-refractivity contribution in [1.29, 1.82) is 0 Å². The van der Waals surface area contributed by atoms with Crippen LogP contribution in [-0.2, 0) is 4.79 Å². The molecule has 1 spiro atoms. The summed E-state index contributed by atoms with van der Waals surface area (Å²) in [5.41, 5.74) is 0.141. The Morgan fingerprint density at radius 1 is 1.20 bits per heavy atom. The fraction of sp³-hybridized carbons (Fsp3) is 0.579. The largest absolute Gasteiger partial charge is 0.342 e. The average molecular weight is 364 g/mol. The van der Waals surface area contributed by atoms with E-state index in [-0.39, 0.29) is 22.2 Å². The minimum atomic E-state index is -0.468. The van der Waals surface area contributed by atoms with Crippen LogP contribution in [0, 0.1) is 11.7 Å². The number of hydrogen-bond donors (Lipinski definition) is 0. The maximum absolute atomic E-state index is 14.0. The lowest BCUT2D eigenvalue weighted by atomic mass is 9.99. The summed E-state index contributed by atoms with van der Waals surface area (Å²) in [5.74, 6) is 0.706. The van der Waals surface area contributed by atoms with Gasteiger partial charge in [0.2, 0.25) is 5.91 Å². The third-order valence-electron chi connectivity index (χ3n) is 5.01. The monoisotopic (exact) mass is 364 g/mol. The molecule has 1 aromatic carbocycles. The molecular formula is C19H25FN2O2S. The Hall–Kier alpha value is -1.56.